The first-order valence-corrected chi connectivity index (χ1v) is 8.63. The average Bonchev–Trinajstić information content (AvgIpc) is 2.97. The topological polar surface area (TPSA) is 56.7 Å². The van der Waals surface area contributed by atoms with Gasteiger partial charge in [0.1, 0.15) is 4.88 Å². The van der Waals surface area contributed by atoms with Gasteiger partial charge in [-0.25, -0.2) is 9.78 Å². The van der Waals surface area contributed by atoms with Crippen LogP contribution < -0.4 is 4.90 Å². The van der Waals surface area contributed by atoms with Gasteiger partial charge in [0.2, 0.25) is 0 Å². The highest BCUT2D eigenvalue weighted by atomic mass is 35.5. The Hall–Kier alpha value is -0.850. The minimum atomic E-state index is -0.879. The number of aromatic carboxylic acids is 1. The predicted octanol–water partition coefficient (Wildman–Crippen LogP) is 2.96. The molecule has 2 saturated heterocycles. The molecule has 0 aromatic carbocycles. The van der Waals surface area contributed by atoms with Gasteiger partial charge in [-0.3, -0.25) is 4.90 Å². The van der Waals surface area contributed by atoms with Crippen molar-refractivity contribution in [3.8, 4) is 0 Å². The molecule has 0 aliphatic carbocycles. The number of anilines is 1. The molecule has 2 aliphatic rings. The van der Waals surface area contributed by atoms with Crippen LogP contribution in [0.5, 0.6) is 0 Å². The zero-order valence-electron chi connectivity index (χ0n) is 12.9. The number of halogens is 1. The second-order valence-electron chi connectivity index (χ2n) is 6.27. The fraction of sp³-hybridized carbons (Fsp3) is 0.733. The molecule has 0 amide bonds. The lowest BCUT2D eigenvalue weighted by Crippen LogP contribution is -2.48. The number of aromatic nitrogens is 1. The monoisotopic (exact) mass is 345 g/mol. The van der Waals surface area contributed by atoms with Crippen molar-refractivity contribution in [2.75, 3.05) is 31.1 Å². The third kappa shape index (κ3) is 3.91. The lowest BCUT2D eigenvalue weighted by Gasteiger charge is -2.41. The van der Waals surface area contributed by atoms with E-state index in [1.54, 1.807) is 0 Å². The van der Waals surface area contributed by atoms with E-state index in [0.717, 1.165) is 37.0 Å². The number of hydrogen-bond donors (Lipinski definition) is 1. The van der Waals surface area contributed by atoms with Gasteiger partial charge in [-0.05, 0) is 38.1 Å². The molecule has 2 aliphatic heterocycles. The van der Waals surface area contributed by atoms with Gasteiger partial charge in [0.05, 0.1) is 6.20 Å². The molecule has 1 aromatic heterocycles. The van der Waals surface area contributed by atoms with E-state index in [9.17, 15) is 4.79 Å². The maximum Gasteiger partial charge on any atom is 0.347 e. The van der Waals surface area contributed by atoms with Crippen LogP contribution in [0.1, 0.15) is 42.3 Å². The molecular weight excluding hydrogens is 322 g/mol. The summed E-state index contributed by atoms with van der Waals surface area (Å²) in [5.41, 5.74) is 0. The van der Waals surface area contributed by atoms with Gasteiger partial charge in [-0.2, -0.15) is 0 Å². The number of likely N-dealkylation sites (tertiary alicyclic amines) is 1. The quantitative estimate of drug-likeness (QED) is 0.912. The fourth-order valence-corrected chi connectivity index (χ4v) is 4.30. The standard InChI is InChI=1S/C15H23N3O2S.ClH/c1-11-3-2-6-18(10-11)12-4-7-17(8-5-12)15-16-9-13(21-15)14(19)20;/h9,11-12H,2-8,10H2,1H3,(H,19,20);1H/t11-;/m1./s1. The Balaban J connectivity index is 0.00000176. The number of rotatable bonds is 3. The Bertz CT molecular complexity index is 503. The summed E-state index contributed by atoms with van der Waals surface area (Å²) < 4.78 is 0. The van der Waals surface area contributed by atoms with Gasteiger partial charge in [-0.1, -0.05) is 18.3 Å². The molecule has 124 valence electrons. The minimum Gasteiger partial charge on any atom is -0.477 e. The Kier molecular flexibility index (Phi) is 6.06. The Morgan fingerprint density at radius 1 is 1.32 bits per heavy atom. The molecule has 5 nitrogen and oxygen atoms in total. The second-order valence-corrected chi connectivity index (χ2v) is 7.28. The summed E-state index contributed by atoms with van der Waals surface area (Å²) in [5.74, 6) is -0.0511. The number of thiazole rings is 1. The van der Waals surface area contributed by atoms with Crippen LogP contribution in [-0.4, -0.2) is 53.2 Å². The Morgan fingerprint density at radius 2 is 2.05 bits per heavy atom. The Labute approximate surface area is 141 Å². The van der Waals surface area contributed by atoms with Crippen LogP contribution in [0.4, 0.5) is 5.13 Å². The second kappa shape index (κ2) is 7.62. The van der Waals surface area contributed by atoms with Crippen molar-refractivity contribution in [2.45, 2.75) is 38.6 Å². The molecule has 0 unspecified atom stereocenters. The molecule has 0 bridgehead atoms. The van der Waals surface area contributed by atoms with Crippen molar-refractivity contribution in [1.82, 2.24) is 9.88 Å². The largest absolute Gasteiger partial charge is 0.477 e. The first-order chi connectivity index (χ1) is 10.1. The highest BCUT2D eigenvalue weighted by molar-refractivity contribution is 7.17. The molecule has 0 saturated carbocycles. The zero-order chi connectivity index (χ0) is 14.8. The average molecular weight is 346 g/mol. The van der Waals surface area contributed by atoms with Crippen LogP contribution in [0.15, 0.2) is 6.20 Å². The maximum atomic E-state index is 10.9. The van der Waals surface area contributed by atoms with Gasteiger partial charge in [0, 0.05) is 25.7 Å². The molecule has 7 heteroatoms. The third-order valence-corrected chi connectivity index (χ3v) is 5.69. The highest BCUT2D eigenvalue weighted by Crippen LogP contribution is 2.28. The zero-order valence-corrected chi connectivity index (χ0v) is 14.5. The maximum absolute atomic E-state index is 10.9. The van der Waals surface area contributed by atoms with Crippen molar-refractivity contribution < 1.29 is 9.90 Å². The molecule has 1 atom stereocenters. The smallest absolute Gasteiger partial charge is 0.347 e. The van der Waals surface area contributed by atoms with Gasteiger partial charge in [0.15, 0.2) is 5.13 Å². The van der Waals surface area contributed by atoms with E-state index in [-0.39, 0.29) is 12.4 Å². The molecule has 0 radical (unpaired) electrons. The summed E-state index contributed by atoms with van der Waals surface area (Å²) in [6.45, 7) is 6.81. The number of piperidine rings is 2. The number of carbonyl (C=O) groups is 1. The van der Waals surface area contributed by atoms with Gasteiger partial charge in [0.25, 0.3) is 0 Å². The number of hydrogen-bond acceptors (Lipinski definition) is 5. The number of nitrogens with zero attached hydrogens (tertiary/aromatic N) is 3. The predicted molar refractivity (Wildman–Crippen MR) is 91.5 cm³/mol. The van der Waals surface area contributed by atoms with E-state index in [4.69, 9.17) is 5.11 Å². The first kappa shape index (κ1) is 17.5. The van der Waals surface area contributed by atoms with Crippen LogP contribution in [0.2, 0.25) is 0 Å². The van der Waals surface area contributed by atoms with E-state index in [1.165, 1.54) is 43.5 Å². The summed E-state index contributed by atoms with van der Waals surface area (Å²) >= 11 is 1.29. The fourth-order valence-electron chi connectivity index (χ4n) is 3.49. The van der Waals surface area contributed by atoms with Crippen LogP contribution in [0.25, 0.3) is 0 Å². The third-order valence-electron chi connectivity index (χ3n) is 4.64. The highest BCUT2D eigenvalue weighted by Gasteiger charge is 2.28. The lowest BCUT2D eigenvalue weighted by molar-refractivity contribution is 0.0702. The lowest BCUT2D eigenvalue weighted by atomic mass is 9.95. The minimum absolute atomic E-state index is 0. The van der Waals surface area contributed by atoms with Crippen LogP contribution >= 0.6 is 23.7 Å². The van der Waals surface area contributed by atoms with Crippen molar-refractivity contribution in [2.24, 2.45) is 5.92 Å². The first-order valence-electron chi connectivity index (χ1n) is 7.81. The van der Waals surface area contributed by atoms with Crippen LogP contribution in [0, 0.1) is 5.92 Å². The van der Waals surface area contributed by atoms with Crippen molar-refractivity contribution >= 4 is 34.8 Å². The summed E-state index contributed by atoms with van der Waals surface area (Å²) in [6, 6.07) is 0.697. The van der Waals surface area contributed by atoms with E-state index >= 15 is 0 Å². The summed E-state index contributed by atoms with van der Waals surface area (Å²) in [4.78, 5) is 20.4. The molecular formula is C15H24ClN3O2S. The number of carboxylic acids is 1. The van der Waals surface area contributed by atoms with Crippen LogP contribution in [0.3, 0.4) is 0 Å². The van der Waals surface area contributed by atoms with Gasteiger partial charge in [-0.15, -0.1) is 12.4 Å². The summed E-state index contributed by atoms with van der Waals surface area (Å²) in [7, 11) is 0. The molecule has 2 fully saturated rings. The summed E-state index contributed by atoms with van der Waals surface area (Å²) in [5, 5.41) is 9.84. The molecule has 22 heavy (non-hydrogen) atoms. The van der Waals surface area contributed by atoms with E-state index in [2.05, 4.69) is 21.7 Å². The van der Waals surface area contributed by atoms with Crippen molar-refractivity contribution in [3.05, 3.63) is 11.1 Å². The molecule has 0 spiro atoms. The molecule has 1 aromatic rings. The number of carboxylic acid groups (broad SMARTS) is 1. The van der Waals surface area contributed by atoms with Crippen molar-refractivity contribution in [1.29, 1.82) is 0 Å². The van der Waals surface area contributed by atoms with E-state index in [1.807, 2.05) is 0 Å². The normalized spacial score (nSPS) is 24.0. The van der Waals surface area contributed by atoms with Gasteiger partial charge >= 0.3 is 5.97 Å². The van der Waals surface area contributed by atoms with E-state index < -0.39 is 5.97 Å². The van der Waals surface area contributed by atoms with Crippen molar-refractivity contribution in [3.63, 3.8) is 0 Å². The molecule has 1 N–H and O–H groups in total. The summed E-state index contributed by atoms with van der Waals surface area (Å²) in [6.07, 6.45) is 6.49. The molecule has 3 heterocycles. The van der Waals surface area contributed by atoms with Crippen LogP contribution in [-0.2, 0) is 0 Å². The SMILES string of the molecule is C[C@@H]1CCCN(C2CCN(c3ncc(C(=O)O)s3)CC2)C1.Cl. The molecule has 3 rings (SSSR count). The van der Waals surface area contributed by atoms with Gasteiger partial charge < -0.3 is 10.0 Å². The van der Waals surface area contributed by atoms with E-state index in [0.29, 0.717) is 10.9 Å². The Morgan fingerprint density at radius 3 is 2.64 bits per heavy atom.